The minimum Gasteiger partial charge on any atom is -0.409 e. The van der Waals surface area contributed by atoms with E-state index in [0.29, 0.717) is 10.6 Å². The van der Waals surface area contributed by atoms with Crippen molar-refractivity contribution in [3.8, 4) is 0 Å². The van der Waals surface area contributed by atoms with Gasteiger partial charge in [0.15, 0.2) is 0 Å². The molecule has 17 heavy (non-hydrogen) atoms. The molecule has 1 rings (SSSR count). The molecular weight excluding hydrogens is 234 g/mol. The van der Waals surface area contributed by atoms with Crippen LogP contribution in [0.4, 0.5) is 0 Å². The third kappa shape index (κ3) is 5.64. The lowest BCUT2D eigenvalue weighted by atomic mass is 9.97. The number of oxime groups is 1. The van der Waals surface area contributed by atoms with Gasteiger partial charge in [0.1, 0.15) is 5.84 Å². The summed E-state index contributed by atoms with van der Waals surface area (Å²) in [6.45, 7) is 9.89. The van der Waals surface area contributed by atoms with Gasteiger partial charge in [-0.25, -0.2) is 0 Å². The topological polar surface area (TPSA) is 61.8 Å². The highest BCUT2D eigenvalue weighted by Gasteiger charge is 2.23. The monoisotopic (exact) mass is 259 g/mol. The lowest BCUT2D eigenvalue weighted by Crippen LogP contribution is -2.42. The van der Waals surface area contributed by atoms with E-state index >= 15 is 0 Å². The maximum Gasteiger partial charge on any atom is 0.143 e. The first-order valence-electron chi connectivity index (χ1n) is 6.26. The van der Waals surface area contributed by atoms with E-state index in [1.165, 1.54) is 0 Å². The summed E-state index contributed by atoms with van der Waals surface area (Å²) < 4.78 is 0.334. The molecule has 0 spiro atoms. The molecule has 100 valence electrons. The van der Waals surface area contributed by atoms with Crippen molar-refractivity contribution in [1.82, 2.24) is 4.90 Å². The molecule has 0 aliphatic carbocycles. The third-order valence-electron chi connectivity index (χ3n) is 2.98. The molecule has 3 N–H and O–H groups in total. The van der Waals surface area contributed by atoms with E-state index in [9.17, 15) is 0 Å². The smallest absolute Gasteiger partial charge is 0.143 e. The van der Waals surface area contributed by atoms with Crippen LogP contribution >= 0.6 is 11.8 Å². The van der Waals surface area contributed by atoms with Crippen LogP contribution in [0.25, 0.3) is 0 Å². The summed E-state index contributed by atoms with van der Waals surface area (Å²) in [5.41, 5.74) is 5.68. The molecule has 1 saturated heterocycles. The standard InChI is InChI=1S/C12H25N3OS/c1-12(2,3)17-8-7-15-6-4-5-10(9-15)11(13)14-16/h10,16H,4-9H2,1-3H3,(H2,13,14). The van der Waals surface area contributed by atoms with Crippen molar-refractivity contribution in [3.63, 3.8) is 0 Å². The maximum atomic E-state index is 8.70. The van der Waals surface area contributed by atoms with Gasteiger partial charge in [-0.05, 0) is 19.4 Å². The number of thioether (sulfide) groups is 1. The Labute approximate surface area is 109 Å². The molecule has 1 unspecified atom stereocenters. The van der Waals surface area contributed by atoms with Crippen LogP contribution in [0, 0.1) is 5.92 Å². The first kappa shape index (κ1) is 14.6. The average molecular weight is 259 g/mol. The van der Waals surface area contributed by atoms with E-state index in [2.05, 4.69) is 30.8 Å². The summed E-state index contributed by atoms with van der Waals surface area (Å²) in [4.78, 5) is 2.42. The molecule has 5 heteroatoms. The lowest BCUT2D eigenvalue weighted by Gasteiger charge is -2.32. The second kappa shape index (κ2) is 6.50. The zero-order valence-electron chi connectivity index (χ0n) is 11.1. The van der Waals surface area contributed by atoms with Gasteiger partial charge in [-0.3, -0.25) is 0 Å². The minimum atomic E-state index is 0.230. The van der Waals surface area contributed by atoms with Crippen LogP contribution in [0.2, 0.25) is 0 Å². The second-order valence-electron chi connectivity index (χ2n) is 5.63. The molecule has 0 radical (unpaired) electrons. The number of nitrogens with zero attached hydrogens (tertiary/aromatic N) is 2. The third-order valence-corrected chi connectivity index (χ3v) is 4.23. The Hall–Kier alpha value is -0.420. The van der Waals surface area contributed by atoms with Crippen LogP contribution < -0.4 is 5.73 Å². The van der Waals surface area contributed by atoms with Crippen molar-refractivity contribution in [2.45, 2.75) is 38.4 Å². The van der Waals surface area contributed by atoms with Crippen LogP contribution in [0.5, 0.6) is 0 Å². The lowest BCUT2D eigenvalue weighted by molar-refractivity contribution is 0.211. The Morgan fingerprint density at radius 1 is 1.53 bits per heavy atom. The Morgan fingerprint density at radius 2 is 2.24 bits per heavy atom. The molecule has 0 bridgehead atoms. The van der Waals surface area contributed by atoms with Crippen molar-refractivity contribution in [1.29, 1.82) is 0 Å². The van der Waals surface area contributed by atoms with Crippen LogP contribution in [-0.2, 0) is 0 Å². The Balaban J connectivity index is 2.30. The normalized spacial score (nSPS) is 23.9. The van der Waals surface area contributed by atoms with E-state index in [0.717, 1.165) is 38.2 Å². The molecular formula is C12H25N3OS. The van der Waals surface area contributed by atoms with Gasteiger partial charge in [0.2, 0.25) is 0 Å². The molecule has 0 saturated carbocycles. The van der Waals surface area contributed by atoms with Gasteiger partial charge < -0.3 is 15.8 Å². The van der Waals surface area contributed by atoms with Gasteiger partial charge in [0.05, 0.1) is 0 Å². The number of likely N-dealkylation sites (tertiary alicyclic amines) is 1. The molecule has 0 aromatic rings. The average Bonchev–Trinajstić information content (AvgIpc) is 2.27. The molecule has 1 atom stereocenters. The molecule has 1 aliphatic rings. The Bertz CT molecular complexity index is 263. The molecule has 1 heterocycles. The van der Waals surface area contributed by atoms with Crippen molar-refractivity contribution < 1.29 is 5.21 Å². The van der Waals surface area contributed by atoms with Crippen molar-refractivity contribution >= 4 is 17.6 Å². The summed E-state index contributed by atoms with van der Waals surface area (Å²) in [5, 5.41) is 11.8. The summed E-state index contributed by atoms with van der Waals surface area (Å²) in [5.74, 6) is 1.76. The van der Waals surface area contributed by atoms with Gasteiger partial charge in [0, 0.05) is 29.5 Å². The van der Waals surface area contributed by atoms with Crippen molar-refractivity contribution in [3.05, 3.63) is 0 Å². The highest BCUT2D eigenvalue weighted by atomic mass is 32.2. The van der Waals surface area contributed by atoms with E-state index in [1.807, 2.05) is 11.8 Å². The summed E-state index contributed by atoms with van der Waals surface area (Å²) in [7, 11) is 0. The predicted octanol–water partition coefficient (Wildman–Crippen LogP) is 1.98. The summed E-state index contributed by atoms with van der Waals surface area (Å²) >= 11 is 1.99. The van der Waals surface area contributed by atoms with Crippen LogP contribution in [0.15, 0.2) is 5.16 Å². The van der Waals surface area contributed by atoms with Gasteiger partial charge in [0.25, 0.3) is 0 Å². The maximum absolute atomic E-state index is 8.70. The van der Waals surface area contributed by atoms with Gasteiger partial charge >= 0.3 is 0 Å². The van der Waals surface area contributed by atoms with Crippen LogP contribution in [0.1, 0.15) is 33.6 Å². The fraction of sp³-hybridized carbons (Fsp3) is 0.917. The number of rotatable bonds is 4. The quantitative estimate of drug-likeness (QED) is 0.351. The Kier molecular flexibility index (Phi) is 5.59. The molecule has 0 amide bonds. The second-order valence-corrected chi connectivity index (χ2v) is 7.55. The number of piperidine rings is 1. The number of hydrogen-bond acceptors (Lipinski definition) is 4. The number of amidine groups is 1. The van der Waals surface area contributed by atoms with E-state index in [-0.39, 0.29) is 5.92 Å². The summed E-state index contributed by atoms with van der Waals surface area (Å²) in [6.07, 6.45) is 2.18. The van der Waals surface area contributed by atoms with Crippen molar-refractivity contribution in [2.24, 2.45) is 16.8 Å². The van der Waals surface area contributed by atoms with E-state index in [1.54, 1.807) is 0 Å². The fourth-order valence-electron chi connectivity index (χ4n) is 2.06. The first-order chi connectivity index (χ1) is 7.92. The highest BCUT2D eigenvalue weighted by molar-refractivity contribution is 8.00. The largest absolute Gasteiger partial charge is 0.409 e. The highest BCUT2D eigenvalue weighted by Crippen LogP contribution is 2.24. The SMILES string of the molecule is CC(C)(C)SCCN1CCCC(C(N)=NO)C1. The first-order valence-corrected chi connectivity index (χ1v) is 7.24. The zero-order valence-corrected chi connectivity index (χ0v) is 12.0. The minimum absolute atomic E-state index is 0.230. The molecule has 0 aromatic carbocycles. The zero-order chi connectivity index (χ0) is 12.9. The fourth-order valence-corrected chi connectivity index (χ4v) is 3.02. The van der Waals surface area contributed by atoms with Crippen LogP contribution in [-0.4, -0.2) is 46.1 Å². The van der Waals surface area contributed by atoms with Gasteiger partial charge in [-0.1, -0.05) is 25.9 Å². The van der Waals surface area contributed by atoms with Crippen molar-refractivity contribution in [2.75, 3.05) is 25.4 Å². The molecule has 1 fully saturated rings. The van der Waals surface area contributed by atoms with E-state index in [4.69, 9.17) is 10.9 Å². The number of nitrogens with two attached hydrogens (primary N) is 1. The van der Waals surface area contributed by atoms with E-state index < -0.39 is 0 Å². The molecule has 0 aromatic heterocycles. The Morgan fingerprint density at radius 3 is 2.82 bits per heavy atom. The number of hydrogen-bond donors (Lipinski definition) is 2. The summed E-state index contributed by atoms with van der Waals surface area (Å²) in [6, 6.07) is 0. The van der Waals surface area contributed by atoms with Gasteiger partial charge in [-0.15, -0.1) is 0 Å². The van der Waals surface area contributed by atoms with Gasteiger partial charge in [-0.2, -0.15) is 11.8 Å². The molecule has 1 aliphatic heterocycles. The predicted molar refractivity (Wildman–Crippen MR) is 74.8 cm³/mol. The molecule has 4 nitrogen and oxygen atoms in total. The van der Waals surface area contributed by atoms with Crippen LogP contribution in [0.3, 0.4) is 0 Å².